The molecule has 0 bridgehead atoms. The Kier molecular flexibility index (Phi) is 6.64. The zero-order valence-corrected chi connectivity index (χ0v) is 10.1. The fourth-order valence-corrected chi connectivity index (χ4v) is 2.63. The van der Waals surface area contributed by atoms with Crippen molar-refractivity contribution < 1.29 is 17.2 Å². The van der Waals surface area contributed by atoms with E-state index in [0.717, 1.165) is 0 Å². The van der Waals surface area contributed by atoms with E-state index in [1.807, 2.05) is 0 Å². The topological polar surface area (TPSA) is 52.6 Å². The van der Waals surface area contributed by atoms with E-state index < -0.39 is 26.8 Å². The molecule has 0 fully saturated rings. The largest absolute Gasteiger partial charge is 0.865 e. The van der Waals surface area contributed by atoms with Crippen LogP contribution in [0.25, 0.3) is 0 Å². The van der Waals surface area contributed by atoms with Gasteiger partial charge in [0.05, 0.1) is 0 Å². The SMILES string of the molecule is C=C(CCl)[CH2][Al]([O]C(C)=O)[O]C(C)=O. The number of hydrogen-bond acceptors (Lipinski definition) is 4. The highest BCUT2D eigenvalue weighted by Gasteiger charge is 2.34. The number of allylic oxidation sites excluding steroid dienone is 1. The quantitative estimate of drug-likeness (QED) is 0.410. The van der Waals surface area contributed by atoms with Gasteiger partial charge in [-0.2, -0.15) is 0 Å². The van der Waals surface area contributed by atoms with Crippen molar-refractivity contribution in [3.63, 3.8) is 0 Å². The third kappa shape index (κ3) is 6.96. The van der Waals surface area contributed by atoms with Gasteiger partial charge in [-0.05, 0) is 0 Å². The van der Waals surface area contributed by atoms with Gasteiger partial charge >= 0.3 is 14.8 Å². The van der Waals surface area contributed by atoms with Gasteiger partial charge in [-0.3, -0.25) is 9.59 Å². The van der Waals surface area contributed by atoms with Crippen LogP contribution in [0, 0.1) is 0 Å². The van der Waals surface area contributed by atoms with E-state index in [2.05, 4.69) is 6.58 Å². The molecule has 0 aromatic carbocycles. The summed E-state index contributed by atoms with van der Waals surface area (Å²) in [6.45, 7) is 6.19. The second-order valence-corrected chi connectivity index (χ2v) is 4.74. The Bertz CT molecular complexity index is 225. The summed E-state index contributed by atoms with van der Waals surface area (Å²) in [6, 6.07) is 0. The summed E-state index contributed by atoms with van der Waals surface area (Å²) >= 11 is 3.20. The Morgan fingerprint density at radius 1 is 1.29 bits per heavy atom. The predicted octanol–water partition coefficient (Wildman–Crippen LogP) is 1.40. The zero-order valence-electron chi connectivity index (χ0n) is 8.21. The van der Waals surface area contributed by atoms with Crippen molar-refractivity contribution in [1.29, 1.82) is 0 Å². The lowest BCUT2D eigenvalue weighted by Crippen LogP contribution is -2.27. The first-order chi connectivity index (χ1) is 6.45. The molecule has 0 aromatic heterocycles. The van der Waals surface area contributed by atoms with Crippen LogP contribution < -0.4 is 0 Å². The van der Waals surface area contributed by atoms with Crippen LogP contribution in [0.2, 0.25) is 5.28 Å². The molecule has 0 aliphatic carbocycles. The van der Waals surface area contributed by atoms with E-state index in [4.69, 9.17) is 19.2 Å². The average molecular weight is 235 g/mol. The Morgan fingerprint density at radius 2 is 1.71 bits per heavy atom. The molecule has 0 aromatic rings. The van der Waals surface area contributed by atoms with Crippen molar-refractivity contribution >= 4 is 38.4 Å². The van der Waals surface area contributed by atoms with Crippen LogP contribution in [0.3, 0.4) is 0 Å². The molecule has 0 unspecified atom stereocenters. The first kappa shape index (κ1) is 13.5. The summed E-state index contributed by atoms with van der Waals surface area (Å²) in [5.41, 5.74) is 0.700. The fraction of sp³-hybridized carbons (Fsp3) is 0.500. The normalized spacial score (nSPS) is 9.07. The highest BCUT2D eigenvalue weighted by molar-refractivity contribution is 6.49. The smallest absolute Gasteiger partial charge is 0.585 e. The first-order valence-electron chi connectivity index (χ1n) is 4.02. The minimum Gasteiger partial charge on any atom is -0.585 e. The third-order valence-corrected chi connectivity index (χ3v) is 3.72. The summed E-state index contributed by atoms with van der Waals surface area (Å²) < 4.78 is 9.74. The molecule has 0 rings (SSSR count). The van der Waals surface area contributed by atoms with Crippen LogP contribution in [-0.4, -0.2) is 32.6 Å². The number of carbonyl (C=O) groups is 2. The summed E-state index contributed by atoms with van der Waals surface area (Å²) in [7, 11) is 0. The molecule has 4 nitrogen and oxygen atoms in total. The minimum atomic E-state index is -2.31. The Hall–Kier alpha value is -0.498. The van der Waals surface area contributed by atoms with E-state index in [1.165, 1.54) is 13.8 Å². The van der Waals surface area contributed by atoms with Crippen molar-refractivity contribution in [2.45, 2.75) is 19.1 Å². The van der Waals surface area contributed by atoms with Crippen LogP contribution >= 0.6 is 11.6 Å². The number of carbonyl (C=O) groups excluding carboxylic acids is 2. The van der Waals surface area contributed by atoms with E-state index in [9.17, 15) is 9.59 Å². The average Bonchev–Trinajstić information content (AvgIpc) is 2.01. The van der Waals surface area contributed by atoms with Crippen molar-refractivity contribution in [3.05, 3.63) is 12.2 Å². The number of alkyl halides is 1. The molecule has 0 heterocycles. The molecule has 78 valence electrons. The second-order valence-electron chi connectivity index (χ2n) is 2.74. The minimum absolute atomic E-state index is 0.270. The molecule has 0 amide bonds. The molecular formula is C8H12AlClO4. The van der Waals surface area contributed by atoms with Crippen LogP contribution in [0.5, 0.6) is 0 Å². The van der Waals surface area contributed by atoms with Crippen molar-refractivity contribution in [2.75, 3.05) is 5.88 Å². The molecule has 0 spiro atoms. The zero-order chi connectivity index (χ0) is 11.1. The molecule has 0 radical (unpaired) electrons. The van der Waals surface area contributed by atoms with E-state index >= 15 is 0 Å². The fourth-order valence-electron chi connectivity index (χ4n) is 0.768. The van der Waals surface area contributed by atoms with E-state index in [1.54, 1.807) is 0 Å². The van der Waals surface area contributed by atoms with Crippen LogP contribution in [0.15, 0.2) is 12.2 Å². The molecular weight excluding hydrogens is 223 g/mol. The summed E-state index contributed by atoms with van der Waals surface area (Å²) in [5, 5.41) is 0.364. The van der Waals surface area contributed by atoms with Crippen molar-refractivity contribution in [2.24, 2.45) is 0 Å². The first-order valence-corrected chi connectivity index (χ1v) is 6.32. The number of rotatable bonds is 5. The van der Waals surface area contributed by atoms with Crippen LogP contribution in [-0.2, 0) is 17.2 Å². The Morgan fingerprint density at radius 3 is 2.00 bits per heavy atom. The highest BCUT2D eigenvalue weighted by atomic mass is 35.5. The van der Waals surface area contributed by atoms with Gasteiger partial charge in [0, 0.05) is 25.0 Å². The molecule has 0 aliphatic rings. The highest BCUT2D eigenvalue weighted by Crippen LogP contribution is 2.08. The molecule has 14 heavy (non-hydrogen) atoms. The van der Waals surface area contributed by atoms with Gasteiger partial charge in [0.15, 0.2) is 0 Å². The lowest BCUT2D eigenvalue weighted by atomic mass is 10.4. The van der Waals surface area contributed by atoms with E-state index in [-0.39, 0.29) is 5.88 Å². The van der Waals surface area contributed by atoms with Gasteiger partial charge in [0.25, 0.3) is 11.9 Å². The molecule has 0 aliphatic heterocycles. The molecule has 0 atom stereocenters. The Balaban J connectivity index is 4.16. The summed E-state index contributed by atoms with van der Waals surface area (Å²) in [6.07, 6.45) is 0. The lowest BCUT2D eigenvalue weighted by molar-refractivity contribution is -0.137. The van der Waals surface area contributed by atoms with Crippen LogP contribution in [0.4, 0.5) is 0 Å². The maximum atomic E-state index is 10.7. The van der Waals surface area contributed by atoms with Gasteiger partial charge in [-0.25, -0.2) is 0 Å². The van der Waals surface area contributed by atoms with Gasteiger partial charge in [-0.1, -0.05) is 12.2 Å². The third-order valence-electron chi connectivity index (χ3n) is 1.24. The van der Waals surface area contributed by atoms with E-state index in [0.29, 0.717) is 10.9 Å². The maximum Gasteiger partial charge on any atom is 0.865 e. The van der Waals surface area contributed by atoms with Crippen molar-refractivity contribution in [3.8, 4) is 0 Å². The standard InChI is InChI=1S/C4H6Cl.2C2H4O2.Al/c1-4(2)3-5;2*1-2(3)4;/h1-3H2;2*1H3,(H,3,4);/q;;;+2/p-2. The van der Waals surface area contributed by atoms with Gasteiger partial charge < -0.3 is 7.58 Å². The van der Waals surface area contributed by atoms with Gasteiger partial charge in [-0.15, -0.1) is 11.6 Å². The van der Waals surface area contributed by atoms with Crippen molar-refractivity contribution in [1.82, 2.24) is 0 Å². The molecule has 0 saturated carbocycles. The van der Waals surface area contributed by atoms with Gasteiger partial charge in [0.2, 0.25) is 0 Å². The monoisotopic (exact) mass is 234 g/mol. The van der Waals surface area contributed by atoms with Crippen LogP contribution in [0.1, 0.15) is 13.8 Å². The van der Waals surface area contributed by atoms with Gasteiger partial charge in [0.1, 0.15) is 0 Å². The Labute approximate surface area is 92.9 Å². The summed E-state index contributed by atoms with van der Waals surface area (Å²) in [4.78, 5) is 21.3. The molecule has 6 heteroatoms. The molecule has 0 N–H and O–H groups in total. The summed E-state index contributed by atoms with van der Waals surface area (Å²) in [5.74, 6) is -0.637. The number of hydrogen-bond donors (Lipinski definition) is 0. The molecule has 0 saturated heterocycles. The number of halogens is 1. The maximum absolute atomic E-state index is 10.7. The lowest BCUT2D eigenvalue weighted by Gasteiger charge is -2.11. The second kappa shape index (κ2) is 6.88. The predicted molar refractivity (Wildman–Crippen MR) is 54.0 cm³/mol.